The van der Waals surface area contributed by atoms with Gasteiger partial charge in [-0.2, -0.15) is 13.2 Å². The van der Waals surface area contributed by atoms with Gasteiger partial charge < -0.3 is 30.1 Å². The number of urea groups is 1. The third-order valence-corrected chi connectivity index (χ3v) is 9.00. The molecule has 3 N–H and O–H groups in total. The molecule has 0 unspecified atom stereocenters. The number of aromatic amines is 1. The van der Waals surface area contributed by atoms with E-state index in [1.807, 2.05) is 38.4 Å². The number of phenols is 1. The lowest BCUT2D eigenvalue weighted by atomic mass is 9.99. The number of phenolic OH excluding ortho intramolecular Hbond substituents is 1. The molecule has 5 rings (SSSR count). The molecule has 0 radical (unpaired) electrons. The molecule has 0 saturated carbocycles. The zero-order valence-corrected chi connectivity index (χ0v) is 25.3. The lowest BCUT2D eigenvalue weighted by Gasteiger charge is -2.38. The fourth-order valence-electron chi connectivity index (χ4n) is 6.25. The van der Waals surface area contributed by atoms with Crippen LogP contribution in [0, 0.1) is 0 Å². The number of aromatic hydroxyl groups is 1. The molecule has 10 nitrogen and oxygen atoms in total. The number of nitrogens with one attached hydrogen (secondary N) is 2. The van der Waals surface area contributed by atoms with Crippen LogP contribution in [-0.4, -0.2) is 93.7 Å². The fourth-order valence-corrected chi connectivity index (χ4v) is 6.49. The highest BCUT2D eigenvalue weighted by atomic mass is 35.5. The Labute approximate surface area is 257 Å². The summed E-state index contributed by atoms with van der Waals surface area (Å²) in [6.45, 7) is 1.54. The Morgan fingerprint density at radius 3 is 2.34 bits per heavy atom. The number of carbonyl (C=O) groups excluding carboxylic acids is 2. The number of amides is 3. The standard InChI is InChI=1S/C30H36ClF3N6O4/c1-37(2)19-7-11-38(12-8-19)27(42)24(17-18-15-21(30(32,33)34)26(41)22(31)16-18)36-28(43)39-13-9-20(10-14-39)40-25-6-4-3-5-23(25)35-29(40)44/h3-6,15-16,19-20,24,41H,7-14,17H2,1-2H3,(H,35,44)(H,36,43)/t24-/m1/s1. The van der Waals surface area contributed by atoms with E-state index in [0.29, 0.717) is 45.1 Å². The molecule has 3 amide bonds. The van der Waals surface area contributed by atoms with Gasteiger partial charge in [0.2, 0.25) is 5.91 Å². The number of nitrogens with zero attached hydrogens (tertiary/aromatic N) is 4. The third kappa shape index (κ3) is 6.68. The number of fused-ring (bicyclic) bond motifs is 1. The topological polar surface area (TPSA) is 114 Å². The number of carbonyl (C=O) groups is 2. The highest BCUT2D eigenvalue weighted by Gasteiger charge is 2.37. The van der Waals surface area contributed by atoms with Crippen molar-refractivity contribution in [3.8, 4) is 5.75 Å². The molecule has 2 saturated heterocycles. The van der Waals surface area contributed by atoms with E-state index in [1.165, 1.54) is 6.07 Å². The quantitative estimate of drug-likeness (QED) is 0.375. The lowest BCUT2D eigenvalue weighted by molar-refractivity contribution is -0.138. The average molecular weight is 637 g/mol. The summed E-state index contributed by atoms with van der Waals surface area (Å²) in [7, 11) is 3.94. The summed E-state index contributed by atoms with van der Waals surface area (Å²) in [4.78, 5) is 48.0. The largest absolute Gasteiger partial charge is 0.506 e. The third-order valence-electron chi connectivity index (χ3n) is 8.71. The van der Waals surface area contributed by atoms with Gasteiger partial charge >= 0.3 is 17.9 Å². The van der Waals surface area contributed by atoms with E-state index in [-0.39, 0.29) is 23.7 Å². The SMILES string of the molecule is CN(C)C1CCN(C(=O)[C@@H](Cc2cc(Cl)c(O)c(C(F)(F)F)c2)NC(=O)N2CCC(n3c(=O)[nH]c4ccccc43)CC2)CC1. The number of para-hydroxylation sites is 2. The Morgan fingerprint density at radius 2 is 1.70 bits per heavy atom. The van der Waals surface area contributed by atoms with Crippen molar-refractivity contribution in [3.05, 3.63) is 63.0 Å². The highest BCUT2D eigenvalue weighted by molar-refractivity contribution is 6.32. The molecule has 0 bridgehead atoms. The second kappa shape index (κ2) is 12.7. The zero-order chi connectivity index (χ0) is 31.8. The number of benzene rings is 2. The second-order valence-corrected chi connectivity index (χ2v) is 12.1. The van der Waals surface area contributed by atoms with Crippen LogP contribution in [0.3, 0.4) is 0 Å². The molecule has 14 heteroatoms. The molecule has 238 valence electrons. The number of halogens is 4. The van der Waals surface area contributed by atoms with Crippen LogP contribution in [0.5, 0.6) is 5.75 Å². The predicted octanol–water partition coefficient (Wildman–Crippen LogP) is 4.22. The van der Waals surface area contributed by atoms with Gasteiger partial charge in [0.25, 0.3) is 0 Å². The van der Waals surface area contributed by atoms with E-state index in [9.17, 15) is 32.7 Å². The molecule has 1 atom stereocenters. The maximum absolute atomic E-state index is 13.7. The number of aromatic nitrogens is 2. The highest BCUT2D eigenvalue weighted by Crippen LogP contribution is 2.40. The van der Waals surface area contributed by atoms with E-state index >= 15 is 0 Å². The van der Waals surface area contributed by atoms with Gasteiger partial charge in [-0.15, -0.1) is 0 Å². The van der Waals surface area contributed by atoms with Gasteiger partial charge in [0, 0.05) is 44.7 Å². The van der Waals surface area contributed by atoms with Crippen LogP contribution in [-0.2, 0) is 17.4 Å². The van der Waals surface area contributed by atoms with Gasteiger partial charge in [0.05, 0.1) is 21.6 Å². The van der Waals surface area contributed by atoms with Crippen molar-refractivity contribution in [3.63, 3.8) is 0 Å². The molecule has 2 aromatic carbocycles. The number of hydrogen-bond donors (Lipinski definition) is 3. The van der Waals surface area contributed by atoms with Crippen molar-refractivity contribution in [1.82, 2.24) is 29.6 Å². The number of likely N-dealkylation sites (tertiary alicyclic amines) is 2. The molecule has 2 fully saturated rings. The first-order valence-electron chi connectivity index (χ1n) is 14.6. The zero-order valence-electron chi connectivity index (χ0n) is 24.5. The van der Waals surface area contributed by atoms with Gasteiger partial charge in [-0.3, -0.25) is 9.36 Å². The molecular formula is C30H36ClF3N6O4. The minimum Gasteiger partial charge on any atom is -0.506 e. The van der Waals surface area contributed by atoms with Crippen LogP contribution >= 0.6 is 11.6 Å². The number of piperidine rings is 2. The fraction of sp³-hybridized carbons (Fsp3) is 0.500. The first kappa shape index (κ1) is 31.7. The minimum absolute atomic E-state index is 0.0550. The first-order valence-corrected chi connectivity index (χ1v) is 15.0. The van der Waals surface area contributed by atoms with Crippen molar-refractivity contribution in [2.45, 2.75) is 56.4 Å². The van der Waals surface area contributed by atoms with E-state index < -0.39 is 40.5 Å². The molecular weight excluding hydrogens is 601 g/mol. The Hall–Kier alpha value is -3.71. The molecule has 2 aliphatic rings. The summed E-state index contributed by atoms with van der Waals surface area (Å²) in [5.41, 5.74) is 0.0495. The Balaban J connectivity index is 1.32. The van der Waals surface area contributed by atoms with E-state index in [2.05, 4.69) is 15.2 Å². The van der Waals surface area contributed by atoms with Crippen molar-refractivity contribution >= 4 is 34.6 Å². The summed E-state index contributed by atoms with van der Waals surface area (Å²) in [6, 6.07) is 7.82. The van der Waals surface area contributed by atoms with Crippen molar-refractivity contribution in [2.75, 3.05) is 40.3 Å². The van der Waals surface area contributed by atoms with Gasteiger partial charge in [-0.05, 0) is 69.6 Å². The molecule has 0 spiro atoms. The summed E-state index contributed by atoms with van der Waals surface area (Å²) >= 11 is 5.94. The molecule has 3 aromatic rings. The summed E-state index contributed by atoms with van der Waals surface area (Å²) in [6.07, 6.45) is -2.64. The van der Waals surface area contributed by atoms with Crippen molar-refractivity contribution in [2.24, 2.45) is 0 Å². The minimum atomic E-state index is -4.86. The van der Waals surface area contributed by atoms with Crippen LogP contribution in [0.2, 0.25) is 5.02 Å². The molecule has 44 heavy (non-hydrogen) atoms. The molecule has 3 heterocycles. The van der Waals surface area contributed by atoms with Gasteiger partial charge in [-0.1, -0.05) is 23.7 Å². The van der Waals surface area contributed by atoms with Crippen LogP contribution in [0.25, 0.3) is 11.0 Å². The first-order chi connectivity index (χ1) is 20.8. The van der Waals surface area contributed by atoms with Gasteiger partial charge in [-0.25, -0.2) is 9.59 Å². The monoisotopic (exact) mass is 636 g/mol. The molecule has 0 aliphatic carbocycles. The van der Waals surface area contributed by atoms with Crippen LogP contribution in [0.15, 0.2) is 41.2 Å². The van der Waals surface area contributed by atoms with Gasteiger partial charge in [0.15, 0.2) is 0 Å². The second-order valence-electron chi connectivity index (χ2n) is 11.7. The average Bonchev–Trinajstić information content (AvgIpc) is 3.33. The summed E-state index contributed by atoms with van der Waals surface area (Å²) < 4.78 is 42.5. The maximum Gasteiger partial charge on any atom is 0.420 e. The van der Waals surface area contributed by atoms with E-state index in [1.54, 1.807) is 14.4 Å². The number of imidazole rings is 1. The van der Waals surface area contributed by atoms with Crippen LogP contribution in [0.4, 0.5) is 18.0 Å². The summed E-state index contributed by atoms with van der Waals surface area (Å²) in [5.74, 6) is -1.48. The molecule has 1 aromatic heterocycles. The van der Waals surface area contributed by atoms with Gasteiger partial charge in [0.1, 0.15) is 11.8 Å². The smallest absolute Gasteiger partial charge is 0.420 e. The summed E-state index contributed by atoms with van der Waals surface area (Å²) in [5, 5.41) is 12.2. The number of alkyl halides is 3. The number of rotatable bonds is 6. The predicted molar refractivity (Wildman–Crippen MR) is 160 cm³/mol. The number of hydrogen-bond acceptors (Lipinski definition) is 5. The number of H-pyrrole nitrogens is 1. The van der Waals surface area contributed by atoms with Crippen molar-refractivity contribution < 1.29 is 27.9 Å². The van der Waals surface area contributed by atoms with E-state index in [4.69, 9.17) is 11.6 Å². The lowest BCUT2D eigenvalue weighted by Crippen LogP contribution is -2.56. The van der Waals surface area contributed by atoms with Crippen LogP contribution < -0.4 is 11.0 Å². The van der Waals surface area contributed by atoms with Crippen LogP contribution in [0.1, 0.15) is 42.9 Å². The Morgan fingerprint density at radius 1 is 1.07 bits per heavy atom. The molecule has 2 aliphatic heterocycles. The Bertz CT molecular complexity index is 1570. The maximum atomic E-state index is 13.7. The van der Waals surface area contributed by atoms with Crippen molar-refractivity contribution in [1.29, 1.82) is 0 Å². The normalized spacial score (nSPS) is 17.8. The Kier molecular flexibility index (Phi) is 9.17. The van der Waals surface area contributed by atoms with E-state index in [0.717, 1.165) is 29.9 Å².